The Hall–Kier alpha value is -2.60. The Bertz CT molecular complexity index is 813. The van der Waals surface area contributed by atoms with Crippen LogP contribution in [0.15, 0.2) is 36.8 Å². The summed E-state index contributed by atoms with van der Waals surface area (Å²) in [6.45, 7) is 0.812. The van der Waals surface area contributed by atoms with E-state index in [-0.39, 0.29) is 6.79 Å². The fraction of sp³-hybridized carbons (Fsp3) is 0.200. The molecule has 0 amide bonds. The van der Waals surface area contributed by atoms with Gasteiger partial charge in [-0.25, -0.2) is 9.97 Å². The van der Waals surface area contributed by atoms with E-state index in [0.717, 1.165) is 33.9 Å². The Labute approximate surface area is 121 Å². The van der Waals surface area contributed by atoms with E-state index in [9.17, 15) is 0 Å². The second kappa shape index (κ2) is 4.75. The van der Waals surface area contributed by atoms with Crippen molar-refractivity contribution in [2.75, 3.05) is 13.3 Å². The van der Waals surface area contributed by atoms with Gasteiger partial charge in [-0.1, -0.05) is 0 Å². The molecule has 106 valence electrons. The van der Waals surface area contributed by atoms with Crippen LogP contribution in [0.1, 0.15) is 5.82 Å². The molecule has 1 aliphatic rings. The van der Waals surface area contributed by atoms with Crippen LogP contribution in [0.2, 0.25) is 0 Å². The van der Waals surface area contributed by atoms with Gasteiger partial charge in [0.15, 0.2) is 11.5 Å². The third-order valence-corrected chi connectivity index (χ3v) is 3.55. The van der Waals surface area contributed by atoms with Crippen molar-refractivity contribution in [3.05, 3.63) is 42.6 Å². The minimum Gasteiger partial charge on any atom is -0.454 e. The first kappa shape index (κ1) is 12.2. The molecule has 0 fully saturated rings. The highest BCUT2D eigenvalue weighted by Gasteiger charge is 2.17. The molecule has 0 saturated carbocycles. The number of aromatic nitrogens is 3. The normalized spacial score (nSPS) is 13.0. The summed E-state index contributed by atoms with van der Waals surface area (Å²) in [6, 6.07) is 5.90. The van der Waals surface area contributed by atoms with Crippen LogP contribution in [-0.2, 0) is 6.42 Å². The molecule has 0 aliphatic carbocycles. The second-order valence-corrected chi connectivity index (χ2v) is 4.81. The summed E-state index contributed by atoms with van der Waals surface area (Å²) in [5, 5.41) is 2.05. The first-order valence-electron chi connectivity index (χ1n) is 6.78. The number of pyridine rings is 1. The lowest BCUT2D eigenvalue weighted by Gasteiger charge is -2.10. The maximum Gasteiger partial charge on any atom is 0.231 e. The molecule has 1 aliphatic heterocycles. The SMILES string of the molecule is NCCc1nccn1-c1nccc2cc3c(cc12)OCO3. The van der Waals surface area contributed by atoms with Crippen LogP contribution in [0.4, 0.5) is 0 Å². The molecule has 0 unspecified atom stereocenters. The predicted molar refractivity (Wildman–Crippen MR) is 77.7 cm³/mol. The van der Waals surface area contributed by atoms with E-state index in [2.05, 4.69) is 9.97 Å². The second-order valence-electron chi connectivity index (χ2n) is 4.81. The van der Waals surface area contributed by atoms with Crippen LogP contribution in [0.25, 0.3) is 16.6 Å². The van der Waals surface area contributed by atoms with Crippen molar-refractivity contribution in [3.8, 4) is 17.3 Å². The molecule has 0 bridgehead atoms. The zero-order valence-corrected chi connectivity index (χ0v) is 11.3. The average Bonchev–Trinajstić information content (AvgIpc) is 3.13. The first-order valence-corrected chi connectivity index (χ1v) is 6.78. The summed E-state index contributed by atoms with van der Waals surface area (Å²) in [5.41, 5.74) is 5.64. The van der Waals surface area contributed by atoms with Gasteiger partial charge in [-0.3, -0.25) is 4.57 Å². The smallest absolute Gasteiger partial charge is 0.231 e. The maximum atomic E-state index is 5.64. The number of benzene rings is 1. The van der Waals surface area contributed by atoms with Gasteiger partial charge in [-0.15, -0.1) is 0 Å². The number of nitrogens with two attached hydrogens (primary N) is 1. The lowest BCUT2D eigenvalue weighted by molar-refractivity contribution is 0.174. The number of hydrogen-bond donors (Lipinski definition) is 1. The fourth-order valence-electron chi connectivity index (χ4n) is 2.58. The monoisotopic (exact) mass is 282 g/mol. The molecule has 2 N–H and O–H groups in total. The summed E-state index contributed by atoms with van der Waals surface area (Å²) in [5.74, 6) is 3.24. The Balaban J connectivity index is 1.94. The molecule has 0 saturated heterocycles. The van der Waals surface area contributed by atoms with Gasteiger partial charge in [0.1, 0.15) is 11.6 Å². The van der Waals surface area contributed by atoms with Gasteiger partial charge in [0, 0.05) is 30.4 Å². The lowest BCUT2D eigenvalue weighted by atomic mass is 10.1. The standard InChI is InChI=1S/C15H14N4O2/c16-3-1-14-17-5-6-19(14)15-11-8-13-12(20-9-21-13)7-10(11)2-4-18-15/h2,4-8H,1,3,9,16H2. The molecule has 3 heterocycles. The van der Waals surface area contributed by atoms with E-state index in [1.54, 1.807) is 12.4 Å². The van der Waals surface area contributed by atoms with Crippen molar-refractivity contribution in [3.63, 3.8) is 0 Å². The van der Waals surface area contributed by atoms with Crippen LogP contribution in [0.3, 0.4) is 0 Å². The number of rotatable bonds is 3. The largest absolute Gasteiger partial charge is 0.454 e. The first-order chi connectivity index (χ1) is 10.4. The van der Waals surface area contributed by atoms with E-state index < -0.39 is 0 Å². The molecule has 0 atom stereocenters. The average molecular weight is 282 g/mol. The zero-order valence-electron chi connectivity index (χ0n) is 11.3. The Morgan fingerprint density at radius 1 is 1.14 bits per heavy atom. The number of ether oxygens (including phenoxy) is 2. The van der Waals surface area contributed by atoms with E-state index >= 15 is 0 Å². The van der Waals surface area contributed by atoms with Crippen molar-refractivity contribution in [2.24, 2.45) is 5.73 Å². The third-order valence-electron chi connectivity index (χ3n) is 3.55. The van der Waals surface area contributed by atoms with Gasteiger partial charge in [-0.2, -0.15) is 0 Å². The zero-order chi connectivity index (χ0) is 14.2. The molecular weight excluding hydrogens is 268 g/mol. The summed E-state index contributed by atoms with van der Waals surface area (Å²) in [4.78, 5) is 8.85. The van der Waals surface area contributed by atoms with Gasteiger partial charge in [-0.05, 0) is 30.1 Å². The van der Waals surface area contributed by atoms with E-state index in [1.807, 2.05) is 29.0 Å². The number of nitrogens with zero attached hydrogens (tertiary/aromatic N) is 3. The maximum absolute atomic E-state index is 5.64. The quantitative estimate of drug-likeness (QED) is 0.790. The van der Waals surface area contributed by atoms with Gasteiger partial charge in [0.25, 0.3) is 0 Å². The number of imidazole rings is 1. The van der Waals surface area contributed by atoms with Crippen LogP contribution >= 0.6 is 0 Å². The van der Waals surface area contributed by atoms with Crippen LogP contribution in [0.5, 0.6) is 11.5 Å². The molecule has 4 rings (SSSR count). The van der Waals surface area contributed by atoms with Gasteiger partial charge in [0.05, 0.1) is 0 Å². The Morgan fingerprint density at radius 3 is 2.86 bits per heavy atom. The van der Waals surface area contributed by atoms with E-state index in [1.165, 1.54) is 0 Å². The number of fused-ring (bicyclic) bond motifs is 2. The molecule has 1 aromatic carbocycles. The minimum absolute atomic E-state index is 0.262. The van der Waals surface area contributed by atoms with E-state index in [0.29, 0.717) is 13.0 Å². The molecule has 3 aromatic rings. The van der Waals surface area contributed by atoms with Gasteiger partial charge >= 0.3 is 0 Å². The summed E-state index contributed by atoms with van der Waals surface area (Å²) in [6.07, 6.45) is 6.15. The van der Waals surface area contributed by atoms with Crippen molar-refractivity contribution in [1.82, 2.24) is 14.5 Å². The molecule has 0 spiro atoms. The van der Waals surface area contributed by atoms with Gasteiger partial charge < -0.3 is 15.2 Å². The van der Waals surface area contributed by atoms with Crippen LogP contribution in [-0.4, -0.2) is 27.9 Å². The van der Waals surface area contributed by atoms with Crippen LogP contribution in [0, 0.1) is 0 Å². The molecule has 0 radical (unpaired) electrons. The summed E-state index contributed by atoms with van der Waals surface area (Å²) >= 11 is 0. The third kappa shape index (κ3) is 1.92. The number of hydrogen-bond acceptors (Lipinski definition) is 5. The lowest BCUT2D eigenvalue weighted by Crippen LogP contribution is -2.09. The highest BCUT2D eigenvalue weighted by molar-refractivity contribution is 5.91. The Morgan fingerprint density at radius 2 is 2.00 bits per heavy atom. The fourth-order valence-corrected chi connectivity index (χ4v) is 2.58. The summed E-state index contributed by atoms with van der Waals surface area (Å²) in [7, 11) is 0. The van der Waals surface area contributed by atoms with Gasteiger partial charge in [0.2, 0.25) is 6.79 Å². The molecule has 6 heteroatoms. The van der Waals surface area contributed by atoms with Crippen molar-refractivity contribution >= 4 is 10.8 Å². The Kier molecular flexibility index (Phi) is 2.75. The topological polar surface area (TPSA) is 75.2 Å². The molecule has 2 aromatic heterocycles. The molecule has 6 nitrogen and oxygen atoms in total. The summed E-state index contributed by atoms with van der Waals surface area (Å²) < 4.78 is 12.9. The molecular formula is C15H14N4O2. The van der Waals surface area contributed by atoms with E-state index in [4.69, 9.17) is 15.2 Å². The van der Waals surface area contributed by atoms with Crippen molar-refractivity contribution < 1.29 is 9.47 Å². The highest BCUT2D eigenvalue weighted by atomic mass is 16.7. The van der Waals surface area contributed by atoms with Crippen molar-refractivity contribution in [1.29, 1.82) is 0 Å². The minimum atomic E-state index is 0.262. The predicted octanol–water partition coefficient (Wildman–Crippen LogP) is 1.65. The van der Waals surface area contributed by atoms with Crippen LogP contribution < -0.4 is 15.2 Å². The van der Waals surface area contributed by atoms with Crippen molar-refractivity contribution in [2.45, 2.75) is 6.42 Å². The molecule has 21 heavy (non-hydrogen) atoms. The highest BCUT2D eigenvalue weighted by Crippen LogP contribution is 2.37.